The van der Waals surface area contributed by atoms with Gasteiger partial charge in [0.1, 0.15) is 5.82 Å². The van der Waals surface area contributed by atoms with Crippen LogP contribution in [-0.4, -0.2) is 11.8 Å². The first-order valence-corrected chi connectivity index (χ1v) is 8.34. The molecule has 2 rings (SSSR count). The van der Waals surface area contributed by atoms with Crippen LogP contribution in [0.5, 0.6) is 0 Å². The second-order valence-corrected chi connectivity index (χ2v) is 6.73. The summed E-state index contributed by atoms with van der Waals surface area (Å²) >= 11 is 5.46. The molecule has 0 aromatic heterocycles. The van der Waals surface area contributed by atoms with Crippen molar-refractivity contribution in [2.24, 2.45) is 0 Å². The predicted molar refractivity (Wildman–Crippen MR) is 80.5 cm³/mol. The molecule has 4 heteroatoms. The summed E-state index contributed by atoms with van der Waals surface area (Å²) in [5.41, 5.74) is 2.39. The topological polar surface area (TPSA) is 12.0 Å². The van der Waals surface area contributed by atoms with Crippen molar-refractivity contribution in [3.63, 3.8) is 0 Å². The van der Waals surface area contributed by atoms with Crippen LogP contribution < -0.4 is 5.32 Å². The van der Waals surface area contributed by atoms with Crippen molar-refractivity contribution in [1.29, 1.82) is 0 Å². The molecule has 0 saturated carbocycles. The fourth-order valence-corrected chi connectivity index (χ4v) is 4.58. The monoisotopic (exact) mass is 331 g/mol. The maximum absolute atomic E-state index is 13.6. The maximum atomic E-state index is 13.6. The lowest BCUT2D eigenvalue weighted by Crippen LogP contribution is -2.34. The summed E-state index contributed by atoms with van der Waals surface area (Å²) in [5, 5.41) is 4.11. The smallest absolute Gasteiger partial charge is 0.124 e. The fourth-order valence-electron chi connectivity index (χ4n) is 2.43. The molecule has 0 radical (unpaired) electrons. The summed E-state index contributed by atoms with van der Waals surface area (Å²) in [6.45, 7) is 5.35. The largest absolute Gasteiger partial charge is 0.309 e. The van der Waals surface area contributed by atoms with Crippen molar-refractivity contribution < 1.29 is 4.39 Å². The Morgan fingerprint density at radius 1 is 1.44 bits per heavy atom. The Labute approximate surface area is 121 Å². The summed E-state index contributed by atoms with van der Waals surface area (Å²) in [6, 6.07) is 3.55. The molecule has 0 fully saturated rings. The quantitative estimate of drug-likeness (QED) is 0.861. The summed E-state index contributed by atoms with van der Waals surface area (Å²) in [6.07, 6.45) is 2.21. The molecular formula is C14H19BrFNS. The predicted octanol–water partition coefficient (Wildman–Crippen LogP) is 4.65. The van der Waals surface area contributed by atoms with Crippen LogP contribution in [0, 0.1) is 5.82 Å². The van der Waals surface area contributed by atoms with Crippen LogP contribution in [0.4, 0.5) is 4.39 Å². The molecule has 0 amide bonds. The van der Waals surface area contributed by atoms with Crippen molar-refractivity contribution >= 4 is 27.7 Å². The van der Waals surface area contributed by atoms with E-state index in [0.717, 1.165) is 35.2 Å². The third-order valence-electron chi connectivity index (χ3n) is 3.36. The third-order valence-corrected chi connectivity index (χ3v) is 5.56. The van der Waals surface area contributed by atoms with E-state index in [0.29, 0.717) is 5.25 Å². The van der Waals surface area contributed by atoms with Crippen LogP contribution in [0.2, 0.25) is 0 Å². The molecular weight excluding hydrogens is 313 g/mol. The maximum Gasteiger partial charge on any atom is 0.124 e. The van der Waals surface area contributed by atoms with Gasteiger partial charge in [-0.3, -0.25) is 0 Å². The van der Waals surface area contributed by atoms with Crippen molar-refractivity contribution in [2.75, 3.05) is 6.54 Å². The highest BCUT2D eigenvalue weighted by Crippen LogP contribution is 2.42. The minimum Gasteiger partial charge on any atom is -0.309 e. The van der Waals surface area contributed by atoms with E-state index in [1.165, 1.54) is 5.56 Å². The van der Waals surface area contributed by atoms with E-state index in [1.54, 1.807) is 12.1 Å². The van der Waals surface area contributed by atoms with E-state index in [4.69, 9.17) is 0 Å². The van der Waals surface area contributed by atoms with Gasteiger partial charge in [0.05, 0.1) is 0 Å². The third kappa shape index (κ3) is 2.91. The highest BCUT2D eigenvalue weighted by Gasteiger charge is 2.30. The number of hydrogen-bond acceptors (Lipinski definition) is 2. The van der Waals surface area contributed by atoms with Crippen LogP contribution in [-0.2, 0) is 5.75 Å². The second-order valence-electron chi connectivity index (χ2n) is 4.64. The molecule has 1 aliphatic rings. The average molecular weight is 332 g/mol. The number of nitrogens with one attached hydrogen (secondary N) is 1. The minimum absolute atomic E-state index is 0.148. The van der Waals surface area contributed by atoms with Crippen molar-refractivity contribution in [3.8, 4) is 0 Å². The van der Waals surface area contributed by atoms with Gasteiger partial charge in [-0.05, 0) is 42.6 Å². The summed E-state index contributed by atoms with van der Waals surface area (Å²) in [4.78, 5) is 0. The zero-order valence-corrected chi connectivity index (χ0v) is 13.2. The molecule has 1 nitrogen and oxygen atoms in total. The number of halogens is 2. The van der Waals surface area contributed by atoms with E-state index in [1.807, 2.05) is 11.8 Å². The van der Waals surface area contributed by atoms with Gasteiger partial charge in [0.25, 0.3) is 0 Å². The van der Waals surface area contributed by atoms with E-state index >= 15 is 0 Å². The van der Waals surface area contributed by atoms with Gasteiger partial charge in [-0.15, -0.1) is 0 Å². The van der Waals surface area contributed by atoms with Gasteiger partial charge in [-0.1, -0.05) is 29.8 Å². The Hall–Kier alpha value is -0.0600. The van der Waals surface area contributed by atoms with E-state index < -0.39 is 0 Å². The van der Waals surface area contributed by atoms with Gasteiger partial charge >= 0.3 is 0 Å². The number of benzene rings is 1. The molecule has 18 heavy (non-hydrogen) atoms. The summed E-state index contributed by atoms with van der Waals surface area (Å²) < 4.78 is 14.5. The zero-order valence-electron chi connectivity index (χ0n) is 10.8. The van der Waals surface area contributed by atoms with Crippen molar-refractivity contribution in [1.82, 2.24) is 5.32 Å². The standard InChI is InChI=1S/C14H19BrFNS/c1-3-5-17-14-10-6-9(16)7-12(15)11(10)8-18-13(14)4-2/h6-7,13-14,17H,3-5,8H2,1-2H3. The first-order valence-electron chi connectivity index (χ1n) is 6.50. The number of hydrogen-bond donors (Lipinski definition) is 1. The highest BCUT2D eigenvalue weighted by molar-refractivity contribution is 9.10. The van der Waals surface area contributed by atoms with Gasteiger partial charge in [-0.2, -0.15) is 11.8 Å². The van der Waals surface area contributed by atoms with Crippen molar-refractivity contribution in [2.45, 2.75) is 43.7 Å². The Morgan fingerprint density at radius 3 is 2.89 bits per heavy atom. The first kappa shape index (κ1) is 14.4. The van der Waals surface area contributed by atoms with E-state index in [-0.39, 0.29) is 11.9 Å². The van der Waals surface area contributed by atoms with E-state index in [2.05, 4.69) is 35.1 Å². The Kier molecular flexibility index (Phi) is 5.10. The molecule has 0 aliphatic carbocycles. The van der Waals surface area contributed by atoms with Crippen molar-refractivity contribution in [3.05, 3.63) is 33.5 Å². The van der Waals surface area contributed by atoms with Gasteiger partial charge in [0.2, 0.25) is 0 Å². The molecule has 2 unspecified atom stereocenters. The summed E-state index contributed by atoms with van der Waals surface area (Å²) in [7, 11) is 0. The number of rotatable bonds is 4. The zero-order chi connectivity index (χ0) is 13.1. The molecule has 0 saturated heterocycles. The molecule has 0 spiro atoms. The van der Waals surface area contributed by atoms with Gasteiger partial charge in [0.15, 0.2) is 0 Å². The summed E-state index contributed by atoms with van der Waals surface area (Å²) in [5.74, 6) is 0.824. The average Bonchev–Trinajstić information content (AvgIpc) is 2.35. The molecule has 1 heterocycles. The fraction of sp³-hybridized carbons (Fsp3) is 0.571. The first-order chi connectivity index (χ1) is 8.67. The lowest BCUT2D eigenvalue weighted by atomic mass is 9.96. The highest BCUT2D eigenvalue weighted by atomic mass is 79.9. The van der Waals surface area contributed by atoms with Crippen LogP contribution in [0.25, 0.3) is 0 Å². The molecule has 2 atom stereocenters. The molecule has 1 N–H and O–H groups in total. The lowest BCUT2D eigenvalue weighted by molar-refractivity contribution is 0.494. The van der Waals surface area contributed by atoms with Gasteiger partial charge in [-0.25, -0.2) is 4.39 Å². The van der Waals surface area contributed by atoms with Gasteiger partial charge in [0, 0.05) is 21.5 Å². The van der Waals surface area contributed by atoms with Crippen LogP contribution >= 0.6 is 27.7 Å². The number of fused-ring (bicyclic) bond motifs is 1. The molecule has 1 aromatic rings. The molecule has 1 aliphatic heterocycles. The van der Waals surface area contributed by atoms with E-state index in [9.17, 15) is 4.39 Å². The van der Waals surface area contributed by atoms with Gasteiger partial charge < -0.3 is 5.32 Å². The van der Waals surface area contributed by atoms with Crippen LogP contribution in [0.3, 0.4) is 0 Å². The Bertz CT molecular complexity index is 425. The SMILES string of the molecule is CCCNC1c2cc(F)cc(Br)c2CSC1CC. The molecule has 1 aromatic carbocycles. The molecule has 100 valence electrons. The van der Waals surface area contributed by atoms with Crippen LogP contribution in [0.1, 0.15) is 43.9 Å². The lowest BCUT2D eigenvalue weighted by Gasteiger charge is -2.34. The normalized spacial score (nSPS) is 22.9. The number of thioether (sulfide) groups is 1. The molecule has 0 bridgehead atoms. The second kappa shape index (κ2) is 6.40. The Morgan fingerprint density at radius 2 is 2.22 bits per heavy atom. The Balaban J connectivity index is 2.36. The minimum atomic E-state index is -0.148. The van der Waals surface area contributed by atoms with Crippen LogP contribution in [0.15, 0.2) is 16.6 Å².